The van der Waals surface area contributed by atoms with Gasteiger partial charge in [0.1, 0.15) is 11.4 Å². The van der Waals surface area contributed by atoms with E-state index in [2.05, 4.69) is 21.4 Å². The number of ether oxygens (including phenoxy) is 1. The van der Waals surface area contributed by atoms with Crippen LogP contribution >= 0.6 is 11.6 Å². The summed E-state index contributed by atoms with van der Waals surface area (Å²) in [7, 11) is 0. The van der Waals surface area contributed by atoms with Crippen molar-refractivity contribution < 1.29 is 4.74 Å². The average molecular weight is 381 g/mol. The van der Waals surface area contributed by atoms with Gasteiger partial charge in [0, 0.05) is 17.0 Å². The van der Waals surface area contributed by atoms with Gasteiger partial charge in [-0.1, -0.05) is 11.6 Å². The second-order valence-electron chi connectivity index (χ2n) is 7.20. The molecule has 4 rings (SSSR count). The molecule has 136 valence electrons. The van der Waals surface area contributed by atoms with Crippen LogP contribution < -0.4 is 15.6 Å². The summed E-state index contributed by atoms with van der Waals surface area (Å²) in [6.07, 6.45) is 0.650. The highest BCUT2D eigenvalue weighted by molar-refractivity contribution is 6.31. The van der Waals surface area contributed by atoms with E-state index in [1.54, 1.807) is 30.3 Å². The van der Waals surface area contributed by atoms with E-state index in [1.165, 1.54) is 0 Å². The van der Waals surface area contributed by atoms with E-state index >= 15 is 0 Å². The molecule has 2 aromatic carbocycles. The highest BCUT2D eigenvalue weighted by Gasteiger charge is 2.34. The molecule has 7 heteroatoms. The molecule has 0 unspecified atom stereocenters. The number of anilines is 1. The number of aromatic nitrogens is 2. The van der Waals surface area contributed by atoms with Gasteiger partial charge in [-0.2, -0.15) is 5.26 Å². The second-order valence-corrected chi connectivity index (χ2v) is 7.64. The molecule has 0 bridgehead atoms. The third-order valence-corrected chi connectivity index (χ3v) is 4.81. The summed E-state index contributed by atoms with van der Waals surface area (Å²) in [6.45, 7) is 4.00. The summed E-state index contributed by atoms with van der Waals surface area (Å²) < 4.78 is 6.04. The molecule has 27 heavy (non-hydrogen) atoms. The Morgan fingerprint density at radius 3 is 2.93 bits per heavy atom. The summed E-state index contributed by atoms with van der Waals surface area (Å²) in [5, 5.41) is 13.4. The molecule has 3 aromatic rings. The first-order valence-electron chi connectivity index (χ1n) is 8.54. The summed E-state index contributed by atoms with van der Waals surface area (Å²) in [5.74, 6) is 1.09. The highest BCUT2D eigenvalue weighted by Crippen LogP contribution is 2.41. The Kier molecular flexibility index (Phi) is 4.05. The average Bonchev–Trinajstić information content (AvgIpc) is 2.61. The van der Waals surface area contributed by atoms with E-state index in [0.717, 1.165) is 11.3 Å². The number of nitrogens with zero attached hydrogens (tertiary/aromatic N) is 2. The lowest BCUT2D eigenvalue weighted by atomic mass is 9.89. The Morgan fingerprint density at radius 1 is 1.33 bits per heavy atom. The van der Waals surface area contributed by atoms with Crippen LogP contribution in [0.4, 0.5) is 5.95 Å². The minimum absolute atomic E-state index is 0.162. The van der Waals surface area contributed by atoms with Gasteiger partial charge >= 0.3 is 0 Å². The Morgan fingerprint density at radius 2 is 2.15 bits per heavy atom. The fourth-order valence-corrected chi connectivity index (χ4v) is 3.57. The molecular weight excluding hydrogens is 364 g/mol. The molecule has 2 heterocycles. The lowest BCUT2D eigenvalue weighted by Gasteiger charge is -2.38. The fourth-order valence-electron chi connectivity index (χ4n) is 3.40. The van der Waals surface area contributed by atoms with Crippen molar-refractivity contribution in [3.8, 4) is 11.8 Å². The maximum atomic E-state index is 12.4. The molecule has 1 aliphatic heterocycles. The van der Waals surface area contributed by atoms with Gasteiger partial charge in [-0.05, 0) is 50.2 Å². The van der Waals surface area contributed by atoms with Gasteiger partial charge in [-0.25, -0.2) is 4.98 Å². The predicted octanol–water partition coefficient (Wildman–Crippen LogP) is 4.16. The summed E-state index contributed by atoms with van der Waals surface area (Å²) in [5.41, 5.74) is 1.32. The Bertz CT molecular complexity index is 1150. The van der Waals surface area contributed by atoms with Crippen LogP contribution in [0.3, 0.4) is 0 Å². The number of nitrogens with one attached hydrogen (secondary N) is 2. The Labute approximate surface area is 160 Å². The van der Waals surface area contributed by atoms with Crippen molar-refractivity contribution >= 4 is 28.5 Å². The lowest BCUT2D eigenvalue weighted by Crippen LogP contribution is -2.37. The van der Waals surface area contributed by atoms with Gasteiger partial charge in [-0.15, -0.1) is 0 Å². The summed E-state index contributed by atoms with van der Waals surface area (Å²) in [4.78, 5) is 19.7. The largest absolute Gasteiger partial charge is 0.487 e. The van der Waals surface area contributed by atoms with Crippen molar-refractivity contribution in [3.05, 3.63) is 62.9 Å². The van der Waals surface area contributed by atoms with E-state index < -0.39 is 5.60 Å². The topological polar surface area (TPSA) is 90.8 Å². The van der Waals surface area contributed by atoms with Crippen LogP contribution in [-0.2, 0) is 0 Å². The van der Waals surface area contributed by atoms with Crippen molar-refractivity contribution in [2.75, 3.05) is 5.32 Å². The van der Waals surface area contributed by atoms with Crippen molar-refractivity contribution in [1.82, 2.24) is 9.97 Å². The molecule has 0 spiro atoms. The van der Waals surface area contributed by atoms with Crippen molar-refractivity contribution in [2.24, 2.45) is 0 Å². The molecule has 1 aromatic heterocycles. The molecule has 0 saturated heterocycles. The molecule has 1 atom stereocenters. The van der Waals surface area contributed by atoms with E-state index in [-0.39, 0.29) is 11.6 Å². The van der Waals surface area contributed by atoms with E-state index in [1.807, 2.05) is 19.9 Å². The number of aromatic amines is 1. The number of fused-ring (bicyclic) bond motifs is 2. The first-order chi connectivity index (χ1) is 12.8. The van der Waals surface area contributed by atoms with Crippen LogP contribution in [0.5, 0.6) is 5.75 Å². The molecule has 6 nitrogen and oxygen atoms in total. The lowest BCUT2D eigenvalue weighted by molar-refractivity contribution is 0.0758. The Hall–Kier alpha value is -3.04. The zero-order valence-corrected chi connectivity index (χ0v) is 15.6. The maximum absolute atomic E-state index is 12.4. The van der Waals surface area contributed by atoms with Crippen LogP contribution in [0.1, 0.15) is 37.4 Å². The third-order valence-electron chi connectivity index (χ3n) is 4.57. The standard InChI is InChI=1S/C20H17ClN4O2/c1-20(2)9-16(13-7-11(10-22)3-6-17(13)27-20)24-19-23-15-5-4-12(21)8-14(15)18(26)25-19/h3-8,16H,9H2,1-2H3,(H2,23,24,25,26)/t16-/m0/s1. The quantitative estimate of drug-likeness (QED) is 0.696. The van der Waals surface area contributed by atoms with Crippen LogP contribution in [0.15, 0.2) is 41.2 Å². The third kappa shape index (κ3) is 3.34. The smallest absolute Gasteiger partial charge is 0.260 e. The second kappa shape index (κ2) is 6.29. The van der Waals surface area contributed by atoms with Crippen LogP contribution in [0.2, 0.25) is 5.02 Å². The first kappa shape index (κ1) is 17.4. The number of H-pyrrole nitrogens is 1. The first-order valence-corrected chi connectivity index (χ1v) is 8.92. The maximum Gasteiger partial charge on any atom is 0.260 e. The molecular formula is C20H17ClN4O2. The monoisotopic (exact) mass is 380 g/mol. The number of hydrogen-bond acceptors (Lipinski definition) is 5. The number of halogens is 1. The van der Waals surface area contributed by atoms with E-state index in [0.29, 0.717) is 33.9 Å². The minimum atomic E-state index is -0.399. The fraction of sp³-hybridized carbons (Fsp3) is 0.250. The number of nitriles is 1. The Balaban J connectivity index is 1.76. The van der Waals surface area contributed by atoms with Gasteiger partial charge < -0.3 is 10.1 Å². The molecule has 0 saturated carbocycles. The highest BCUT2D eigenvalue weighted by atomic mass is 35.5. The van der Waals surface area contributed by atoms with Crippen LogP contribution in [0.25, 0.3) is 10.9 Å². The predicted molar refractivity (Wildman–Crippen MR) is 104 cm³/mol. The van der Waals surface area contributed by atoms with Crippen molar-refractivity contribution in [2.45, 2.75) is 31.9 Å². The number of hydrogen-bond donors (Lipinski definition) is 2. The zero-order chi connectivity index (χ0) is 19.2. The van der Waals surface area contributed by atoms with Crippen LogP contribution in [0, 0.1) is 11.3 Å². The zero-order valence-electron chi connectivity index (χ0n) is 14.8. The molecule has 1 aliphatic rings. The van der Waals surface area contributed by atoms with Crippen molar-refractivity contribution in [1.29, 1.82) is 5.26 Å². The van der Waals surface area contributed by atoms with Gasteiger partial charge in [0.2, 0.25) is 5.95 Å². The number of benzene rings is 2. The molecule has 0 radical (unpaired) electrons. The van der Waals surface area contributed by atoms with Gasteiger partial charge in [0.05, 0.1) is 28.6 Å². The molecule has 0 amide bonds. The van der Waals surface area contributed by atoms with E-state index in [9.17, 15) is 10.1 Å². The van der Waals surface area contributed by atoms with E-state index in [4.69, 9.17) is 16.3 Å². The number of rotatable bonds is 2. The van der Waals surface area contributed by atoms with Crippen LogP contribution in [-0.4, -0.2) is 15.6 Å². The normalized spacial score (nSPS) is 17.6. The molecule has 2 N–H and O–H groups in total. The molecule has 0 fully saturated rings. The molecule has 0 aliphatic carbocycles. The van der Waals surface area contributed by atoms with Gasteiger partial charge in [0.25, 0.3) is 5.56 Å². The van der Waals surface area contributed by atoms with Gasteiger partial charge in [0.15, 0.2) is 0 Å². The van der Waals surface area contributed by atoms with Gasteiger partial charge in [-0.3, -0.25) is 9.78 Å². The minimum Gasteiger partial charge on any atom is -0.487 e. The van der Waals surface area contributed by atoms with Crippen molar-refractivity contribution in [3.63, 3.8) is 0 Å². The summed E-state index contributed by atoms with van der Waals surface area (Å²) in [6, 6.07) is 12.3. The SMILES string of the molecule is CC1(C)C[C@H](Nc2nc3ccc(Cl)cc3c(=O)[nH]2)c2cc(C#N)ccc2O1. The summed E-state index contributed by atoms with van der Waals surface area (Å²) >= 11 is 5.97.